The Morgan fingerprint density at radius 1 is 1.18 bits per heavy atom. The number of aryl methyl sites for hydroxylation is 1. The summed E-state index contributed by atoms with van der Waals surface area (Å²) in [5, 5.41) is 4.23. The molecule has 3 heteroatoms. The summed E-state index contributed by atoms with van der Waals surface area (Å²) in [5.41, 5.74) is 1.46. The van der Waals surface area contributed by atoms with E-state index in [1.165, 1.54) is 17.8 Å². The predicted octanol–water partition coefficient (Wildman–Crippen LogP) is 2.41. The van der Waals surface area contributed by atoms with Crippen LogP contribution in [-0.4, -0.2) is 22.9 Å². The highest BCUT2D eigenvalue weighted by molar-refractivity contribution is 5.41. The molecule has 3 nitrogen and oxygen atoms in total. The van der Waals surface area contributed by atoms with Crippen LogP contribution in [0.2, 0.25) is 0 Å². The Morgan fingerprint density at radius 3 is 2.71 bits per heavy atom. The number of benzene rings is 1. The molecule has 17 heavy (non-hydrogen) atoms. The van der Waals surface area contributed by atoms with Crippen molar-refractivity contribution in [2.45, 2.75) is 12.3 Å². The van der Waals surface area contributed by atoms with Gasteiger partial charge in [-0.05, 0) is 12.0 Å². The minimum Gasteiger partial charge on any atom is -0.356 e. The molecule has 1 atom stereocenters. The molecule has 1 fully saturated rings. The van der Waals surface area contributed by atoms with E-state index in [1.807, 2.05) is 17.9 Å². The molecule has 0 amide bonds. The molecule has 1 saturated heterocycles. The minimum atomic E-state index is 0.658. The van der Waals surface area contributed by atoms with Crippen molar-refractivity contribution in [2.75, 3.05) is 18.0 Å². The molecule has 0 saturated carbocycles. The molecule has 0 aliphatic carbocycles. The Hall–Kier alpha value is -1.77. The summed E-state index contributed by atoms with van der Waals surface area (Å²) in [6.45, 7) is 2.22. The first-order valence-corrected chi connectivity index (χ1v) is 6.12. The van der Waals surface area contributed by atoms with Crippen molar-refractivity contribution in [3.8, 4) is 0 Å². The summed E-state index contributed by atoms with van der Waals surface area (Å²) < 4.78 is 1.95. The quantitative estimate of drug-likeness (QED) is 0.785. The van der Waals surface area contributed by atoms with Gasteiger partial charge in [-0.1, -0.05) is 30.3 Å². The summed E-state index contributed by atoms with van der Waals surface area (Å²) in [6, 6.07) is 12.9. The second-order valence-electron chi connectivity index (χ2n) is 4.66. The largest absolute Gasteiger partial charge is 0.356 e. The number of nitrogens with zero attached hydrogens (tertiary/aromatic N) is 3. The average Bonchev–Trinajstić information content (AvgIpc) is 2.98. The van der Waals surface area contributed by atoms with Crippen LogP contribution in [0.4, 0.5) is 5.82 Å². The number of hydrogen-bond donors (Lipinski definition) is 0. The van der Waals surface area contributed by atoms with Gasteiger partial charge in [0.15, 0.2) is 0 Å². The Bertz CT molecular complexity index is 489. The summed E-state index contributed by atoms with van der Waals surface area (Å²) in [7, 11) is 2.01. The monoisotopic (exact) mass is 227 g/mol. The first kappa shape index (κ1) is 10.4. The van der Waals surface area contributed by atoms with Crippen LogP contribution in [0, 0.1) is 0 Å². The molecule has 1 unspecified atom stereocenters. The molecule has 1 aliphatic heterocycles. The third kappa shape index (κ3) is 1.93. The molecule has 0 N–H and O–H groups in total. The third-order valence-electron chi connectivity index (χ3n) is 3.58. The topological polar surface area (TPSA) is 21.1 Å². The van der Waals surface area contributed by atoms with Crippen molar-refractivity contribution >= 4 is 5.82 Å². The summed E-state index contributed by atoms with van der Waals surface area (Å²) >= 11 is 0. The van der Waals surface area contributed by atoms with E-state index >= 15 is 0 Å². The zero-order chi connectivity index (χ0) is 11.7. The van der Waals surface area contributed by atoms with Crippen LogP contribution in [0.15, 0.2) is 42.6 Å². The summed E-state index contributed by atoms with van der Waals surface area (Å²) in [5.74, 6) is 1.88. The molecule has 1 aromatic carbocycles. The highest BCUT2D eigenvalue weighted by atomic mass is 15.4. The van der Waals surface area contributed by atoms with Gasteiger partial charge in [-0.2, -0.15) is 5.10 Å². The maximum absolute atomic E-state index is 4.23. The summed E-state index contributed by atoms with van der Waals surface area (Å²) in [4.78, 5) is 2.42. The van der Waals surface area contributed by atoms with E-state index < -0.39 is 0 Å². The lowest BCUT2D eigenvalue weighted by Crippen LogP contribution is -2.21. The molecule has 0 bridgehead atoms. The highest BCUT2D eigenvalue weighted by Crippen LogP contribution is 2.29. The highest BCUT2D eigenvalue weighted by Gasteiger charge is 2.25. The van der Waals surface area contributed by atoms with Gasteiger partial charge in [0.2, 0.25) is 0 Å². The van der Waals surface area contributed by atoms with Gasteiger partial charge < -0.3 is 4.90 Å². The minimum absolute atomic E-state index is 0.658. The maximum Gasteiger partial charge on any atom is 0.126 e. The lowest BCUT2D eigenvalue weighted by Gasteiger charge is -2.18. The fourth-order valence-electron chi connectivity index (χ4n) is 2.64. The van der Waals surface area contributed by atoms with Crippen molar-refractivity contribution in [3.63, 3.8) is 0 Å². The zero-order valence-corrected chi connectivity index (χ0v) is 10.1. The van der Waals surface area contributed by atoms with Crippen molar-refractivity contribution in [1.82, 2.24) is 9.78 Å². The Kier molecular flexibility index (Phi) is 2.59. The van der Waals surface area contributed by atoms with Gasteiger partial charge in [-0.15, -0.1) is 0 Å². The van der Waals surface area contributed by atoms with Crippen LogP contribution in [0.25, 0.3) is 0 Å². The first-order chi connectivity index (χ1) is 8.34. The van der Waals surface area contributed by atoms with Crippen molar-refractivity contribution in [2.24, 2.45) is 7.05 Å². The van der Waals surface area contributed by atoms with Crippen LogP contribution in [0.5, 0.6) is 0 Å². The van der Waals surface area contributed by atoms with Gasteiger partial charge in [0.25, 0.3) is 0 Å². The lowest BCUT2D eigenvalue weighted by atomic mass is 9.99. The Balaban J connectivity index is 1.77. The zero-order valence-electron chi connectivity index (χ0n) is 10.1. The fourth-order valence-corrected chi connectivity index (χ4v) is 2.64. The normalized spacial score (nSPS) is 19.8. The van der Waals surface area contributed by atoms with Crippen molar-refractivity contribution in [1.29, 1.82) is 0 Å². The molecular weight excluding hydrogens is 210 g/mol. The number of aromatic nitrogens is 2. The van der Waals surface area contributed by atoms with Crippen molar-refractivity contribution in [3.05, 3.63) is 48.2 Å². The van der Waals surface area contributed by atoms with E-state index in [9.17, 15) is 0 Å². The molecule has 2 heterocycles. The molecule has 2 aromatic rings. The standard InChI is InChI=1S/C14H17N3/c1-16-14(7-9-15-16)17-10-8-13(11-17)12-5-3-2-4-6-12/h2-7,9,13H,8,10-11H2,1H3. The van der Waals surface area contributed by atoms with Crippen LogP contribution >= 0.6 is 0 Å². The molecule has 0 radical (unpaired) electrons. The maximum atomic E-state index is 4.23. The second-order valence-corrected chi connectivity index (χ2v) is 4.66. The van der Waals surface area contributed by atoms with Crippen LogP contribution in [-0.2, 0) is 7.05 Å². The van der Waals surface area contributed by atoms with Gasteiger partial charge in [-0.25, -0.2) is 0 Å². The molecule has 1 aromatic heterocycles. The SMILES string of the molecule is Cn1nccc1N1CCC(c2ccccc2)C1. The smallest absolute Gasteiger partial charge is 0.126 e. The van der Waals surface area contributed by atoms with Gasteiger partial charge in [0, 0.05) is 32.1 Å². The number of anilines is 1. The molecule has 0 spiro atoms. The van der Waals surface area contributed by atoms with Crippen molar-refractivity contribution < 1.29 is 0 Å². The van der Waals surface area contributed by atoms with E-state index in [0.29, 0.717) is 5.92 Å². The van der Waals surface area contributed by atoms with E-state index in [0.717, 1.165) is 13.1 Å². The number of rotatable bonds is 2. The molecule has 3 rings (SSSR count). The van der Waals surface area contributed by atoms with Crippen LogP contribution < -0.4 is 4.90 Å². The second kappa shape index (κ2) is 4.24. The van der Waals surface area contributed by atoms with Gasteiger partial charge in [0.05, 0.1) is 6.20 Å². The van der Waals surface area contributed by atoms with Crippen LogP contribution in [0.1, 0.15) is 17.9 Å². The average molecular weight is 227 g/mol. The Morgan fingerprint density at radius 2 is 2.00 bits per heavy atom. The van der Waals surface area contributed by atoms with Gasteiger partial charge >= 0.3 is 0 Å². The molecule has 1 aliphatic rings. The van der Waals surface area contributed by atoms with E-state index in [1.54, 1.807) is 0 Å². The molecule has 88 valence electrons. The van der Waals surface area contributed by atoms with Gasteiger partial charge in [0.1, 0.15) is 5.82 Å². The molecular formula is C14H17N3. The van der Waals surface area contributed by atoms with Crippen LogP contribution in [0.3, 0.4) is 0 Å². The third-order valence-corrected chi connectivity index (χ3v) is 3.58. The first-order valence-electron chi connectivity index (χ1n) is 6.12. The van der Waals surface area contributed by atoms with Gasteiger partial charge in [-0.3, -0.25) is 4.68 Å². The fraction of sp³-hybridized carbons (Fsp3) is 0.357. The Labute approximate surface area is 102 Å². The predicted molar refractivity (Wildman–Crippen MR) is 69.2 cm³/mol. The lowest BCUT2D eigenvalue weighted by molar-refractivity contribution is 0.732. The van der Waals surface area contributed by atoms with E-state index in [2.05, 4.69) is 46.4 Å². The van der Waals surface area contributed by atoms with E-state index in [-0.39, 0.29) is 0 Å². The summed E-state index contributed by atoms with van der Waals surface area (Å²) in [6.07, 6.45) is 3.10. The number of hydrogen-bond acceptors (Lipinski definition) is 2. The van der Waals surface area contributed by atoms with E-state index in [4.69, 9.17) is 0 Å².